The lowest BCUT2D eigenvalue weighted by molar-refractivity contribution is -0.117. The molecule has 0 unspecified atom stereocenters. The summed E-state index contributed by atoms with van der Waals surface area (Å²) in [7, 11) is 0. The molecule has 0 aliphatic heterocycles. The highest BCUT2D eigenvalue weighted by atomic mass is 16.2. The zero-order chi connectivity index (χ0) is 9.68. The Morgan fingerprint density at radius 3 is 2.31 bits per heavy atom. The summed E-state index contributed by atoms with van der Waals surface area (Å²) < 4.78 is 0. The first-order valence-corrected chi connectivity index (χ1v) is 4.05. The second-order valence-electron chi connectivity index (χ2n) is 2.54. The van der Waals surface area contributed by atoms with Crippen LogP contribution in [0.25, 0.3) is 0 Å². The van der Waals surface area contributed by atoms with Gasteiger partial charge in [0.15, 0.2) is 0 Å². The number of amides is 1. The van der Waals surface area contributed by atoms with Crippen molar-refractivity contribution in [2.75, 3.05) is 18.1 Å². The van der Waals surface area contributed by atoms with Gasteiger partial charge in [0.1, 0.15) is 0 Å². The van der Waals surface area contributed by atoms with Crippen molar-refractivity contribution >= 4 is 11.6 Å². The fraction of sp³-hybridized carbons (Fsp3) is 0.222. The predicted octanol–water partition coefficient (Wildman–Crippen LogP) is -0.105. The molecule has 0 aliphatic rings. The van der Waals surface area contributed by atoms with E-state index < -0.39 is 0 Å². The first kappa shape index (κ1) is 9.70. The average Bonchev–Trinajstić information content (AvgIpc) is 2.20. The smallest absolute Gasteiger partial charge is 0.241 e. The molecule has 1 aromatic carbocycles. The third-order valence-corrected chi connectivity index (χ3v) is 1.73. The second-order valence-corrected chi connectivity index (χ2v) is 2.54. The molecule has 1 rings (SSSR count). The summed E-state index contributed by atoms with van der Waals surface area (Å²) in [6.45, 7) is 0.131. The van der Waals surface area contributed by atoms with E-state index in [1.165, 1.54) is 4.90 Å². The first-order chi connectivity index (χ1) is 6.29. The number of hydrogen-bond acceptors (Lipinski definition) is 3. The van der Waals surface area contributed by atoms with Crippen LogP contribution in [0.1, 0.15) is 0 Å². The molecule has 0 atom stereocenters. The lowest BCUT2D eigenvalue weighted by Gasteiger charge is -2.19. The van der Waals surface area contributed by atoms with Crippen molar-refractivity contribution in [3.63, 3.8) is 0 Å². The van der Waals surface area contributed by atoms with E-state index in [-0.39, 0.29) is 19.1 Å². The third-order valence-electron chi connectivity index (χ3n) is 1.73. The van der Waals surface area contributed by atoms with Crippen LogP contribution in [0.4, 0.5) is 5.69 Å². The molecule has 0 saturated heterocycles. The molecule has 0 radical (unpaired) electrons. The molecular weight excluding hydrogens is 166 g/mol. The molecule has 0 fully saturated rings. The number of hydrogen-bond donors (Lipinski definition) is 2. The number of para-hydroxylation sites is 1. The molecule has 0 heterocycles. The number of nitrogens with two attached hydrogens (primary N) is 2. The Hall–Kier alpha value is -1.39. The minimum Gasteiger partial charge on any atom is -0.322 e. The van der Waals surface area contributed by atoms with Gasteiger partial charge in [-0.1, -0.05) is 18.2 Å². The van der Waals surface area contributed by atoms with Crippen LogP contribution in [0.15, 0.2) is 30.3 Å². The number of rotatable bonds is 3. The standard InChI is InChI=1S/C9H13N3O/c10-6-9(13)12(7-11)8-4-2-1-3-5-8/h1-5H,6-7,10-11H2. The van der Waals surface area contributed by atoms with Crippen molar-refractivity contribution in [3.8, 4) is 0 Å². The summed E-state index contributed by atoms with van der Waals surface area (Å²) >= 11 is 0. The van der Waals surface area contributed by atoms with Crippen LogP contribution >= 0.6 is 0 Å². The van der Waals surface area contributed by atoms with E-state index in [1.807, 2.05) is 30.3 Å². The van der Waals surface area contributed by atoms with Gasteiger partial charge >= 0.3 is 0 Å². The Kier molecular flexibility index (Phi) is 3.42. The van der Waals surface area contributed by atoms with Crippen LogP contribution in [-0.2, 0) is 4.79 Å². The number of carbonyl (C=O) groups is 1. The number of anilines is 1. The van der Waals surface area contributed by atoms with Gasteiger partial charge in [-0.15, -0.1) is 0 Å². The number of carbonyl (C=O) groups excluding carboxylic acids is 1. The van der Waals surface area contributed by atoms with Crippen LogP contribution in [0.5, 0.6) is 0 Å². The number of benzene rings is 1. The molecular formula is C9H13N3O. The van der Waals surface area contributed by atoms with Crippen LogP contribution < -0.4 is 16.4 Å². The second kappa shape index (κ2) is 4.59. The van der Waals surface area contributed by atoms with Crippen molar-refractivity contribution < 1.29 is 4.79 Å². The molecule has 4 heteroatoms. The van der Waals surface area contributed by atoms with Crippen molar-refractivity contribution in [2.24, 2.45) is 11.5 Å². The van der Waals surface area contributed by atoms with Gasteiger partial charge in [-0.25, -0.2) is 0 Å². The normalized spacial score (nSPS) is 9.69. The first-order valence-electron chi connectivity index (χ1n) is 4.05. The van der Waals surface area contributed by atoms with Crippen LogP contribution in [0.2, 0.25) is 0 Å². The molecule has 1 aromatic rings. The SMILES string of the molecule is NCC(=O)N(CN)c1ccccc1. The Bertz CT molecular complexity index is 273. The zero-order valence-electron chi connectivity index (χ0n) is 7.31. The van der Waals surface area contributed by atoms with Crippen molar-refractivity contribution in [2.45, 2.75) is 0 Å². The van der Waals surface area contributed by atoms with E-state index in [0.29, 0.717) is 0 Å². The van der Waals surface area contributed by atoms with Crippen LogP contribution in [-0.4, -0.2) is 19.1 Å². The average molecular weight is 179 g/mol. The van der Waals surface area contributed by atoms with E-state index in [4.69, 9.17) is 11.5 Å². The molecule has 0 spiro atoms. The van der Waals surface area contributed by atoms with Gasteiger partial charge in [0.25, 0.3) is 0 Å². The summed E-state index contributed by atoms with van der Waals surface area (Å²) in [6.07, 6.45) is 0. The monoisotopic (exact) mass is 179 g/mol. The quantitative estimate of drug-likeness (QED) is 0.636. The summed E-state index contributed by atoms with van der Waals surface area (Å²) in [4.78, 5) is 12.7. The predicted molar refractivity (Wildman–Crippen MR) is 52.0 cm³/mol. The zero-order valence-corrected chi connectivity index (χ0v) is 7.31. The molecule has 4 nitrogen and oxygen atoms in total. The minimum atomic E-state index is -0.172. The summed E-state index contributed by atoms with van der Waals surface area (Å²) in [6, 6.07) is 9.22. The largest absolute Gasteiger partial charge is 0.322 e. The maximum absolute atomic E-state index is 11.3. The summed E-state index contributed by atoms with van der Waals surface area (Å²) in [5, 5.41) is 0. The Labute approximate surface area is 77.1 Å². The van der Waals surface area contributed by atoms with Gasteiger partial charge in [0, 0.05) is 5.69 Å². The number of nitrogens with zero attached hydrogens (tertiary/aromatic N) is 1. The van der Waals surface area contributed by atoms with Crippen LogP contribution in [0, 0.1) is 0 Å². The van der Waals surface area contributed by atoms with Gasteiger partial charge < -0.3 is 11.5 Å². The highest BCUT2D eigenvalue weighted by Crippen LogP contribution is 2.11. The molecule has 0 aliphatic carbocycles. The van der Waals surface area contributed by atoms with E-state index in [2.05, 4.69) is 0 Å². The lowest BCUT2D eigenvalue weighted by atomic mass is 10.3. The van der Waals surface area contributed by atoms with Gasteiger partial charge in [0.05, 0.1) is 13.2 Å². The van der Waals surface area contributed by atoms with Gasteiger partial charge in [-0.3, -0.25) is 9.69 Å². The van der Waals surface area contributed by atoms with Gasteiger partial charge in [-0.05, 0) is 12.1 Å². The van der Waals surface area contributed by atoms with Crippen molar-refractivity contribution in [3.05, 3.63) is 30.3 Å². The van der Waals surface area contributed by atoms with E-state index >= 15 is 0 Å². The maximum atomic E-state index is 11.3. The Balaban J connectivity index is 2.85. The van der Waals surface area contributed by atoms with Crippen LogP contribution in [0.3, 0.4) is 0 Å². The van der Waals surface area contributed by atoms with Crippen molar-refractivity contribution in [1.29, 1.82) is 0 Å². The van der Waals surface area contributed by atoms with E-state index in [1.54, 1.807) is 0 Å². The fourth-order valence-corrected chi connectivity index (χ4v) is 1.07. The highest BCUT2D eigenvalue weighted by molar-refractivity contribution is 5.94. The van der Waals surface area contributed by atoms with E-state index in [0.717, 1.165) is 5.69 Å². The summed E-state index contributed by atoms with van der Waals surface area (Å²) in [5.74, 6) is -0.172. The minimum absolute atomic E-state index is 0.0217. The molecule has 13 heavy (non-hydrogen) atoms. The fourth-order valence-electron chi connectivity index (χ4n) is 1.07. The molecule has 70 valence electrons. The molecule has 0 aromatic heterocycles. The Morgan fingerprint density at radius 1 is 1.23 bits per heavy atom. The lowest BCUT2D eigenvalue weighted by Crippen LogP contribution is -2.39. The molecule has 0 saturated carbocycles. The van der Waals surface area contributed by atoms with Gasteiger partial charge in [-0.2, -0.15) is 0 Å². The molecule has 1 amide bonds. The topological polar surface area (TPSA) is 72.4 Å². The third kappa shape index (κ3) is 2.27. The molecule has 0 bridgehead atoms. The van der Waals surface area contributed by atoms with Crippen molar-refractivity contribution in [1.82, 2.24) is 0 Å². The summed E-state index contributed by atoms with van der Waals surface area (Å²) in [5.41, 5.74) is 11.4. The van der Waals surface area contributed by atoms with Gasteiger partial charge in [0.2, 0.25) is 5.91 Å². The highest BCUT2D eigenvalue weighted by Gasteiger charge is 2.10. The maximum Gasteiger partial charge on any atom is 0.241 e. The Morgan fingerprint density at radius 2 is 1.85 bits per heavy atom. The molecule has 4 N–H and O–H groups in total. The van der Waals surface area contributed by atoms with E-state index in [9.17, 15) is 4.79 Å².